The van der Waals surface area contributed by atoms with Crippen LogP contribution in [0.2, 0.25) is 5.02 Å². The lowest BCUT2D eigenvalue weighted by atomic mass is 10.0. The van der Waals surface area contributed by atoms with Gasteiger partial charge in [-0.3, -0.25) is 4.98 Å². The maximum absolute atomic E-state index is 5.91. The van der Waals surface area contributed by atoms with Crippen molar-refractivity contribution in [2.75, 3.05) is 13.7 Å². The van der Waals surface area contributed by atoms with E-state index in [1.54, 1.807) is 13.3 Å². The highest BCUT2D eigenvalue weighted by molar-refractivity contribution is 6.30. The van der Waals surface area contributed by atoms with Crippen LogP contribution in [0.5, 0.6) is 5.75 Å². The maximum atomic E-state index is 5.91. The lowest BCUT2D eigenvalue weighted by molar-refractivity contribution is 0.414. The molecule has 0 aliphatic rings. The van der Waals surface area contributed by atoms with Gasteiger partial charge in [0.1, 0.15) is 5.75 Å². The average Bonchev–Trinajstić information content (AvgIpc) is 2.50. The molecule has 2 aromatic rings. The first-order valence-electron chi connectivity index (χ1n) is 6.73. The van der Waals surface area contributed by atoms with Crippen molar-refractivity contribution in [3.8, 4) is 5.75 Å². The Labute approximate surface area is 124 Å². The molecule has 1 unspecified atom stereocenters. The Morgan fingerprint density at radius 1 is 1.20 bits per heavy atom. The van der Waals surface area contributed by atoms with Gasteiger partial charge >= 0.3 is 0 Å². The molecule has 1 atom stereocenters. The minimum absolute atomic E-state index is 0.0677. The third kappa shape index (κ3) is 3.71. The second-order valence-electron chi connectivity index (χ2n) is 4.56. The van der Waals surface area contributed by atoms with Gasteiger partial charge in [-0.2, -0.15) is 0 Å². The van der Waals surface area contributed by atoms with E-state index in [0.29, 0.717) is 5.02 Å². The molecule has 4 heteroatoms. The number of pyridine rings is 1. The number of nitrogens with one attached hydrogen (secondary N) is 1. The first-order valence-corrected chi connectivity index (χ1v) is 7.11. The van der Waals surface area contributed by atoms with Crippen molar-refractivity contribution in [2.24, 2.45) is 0 Å². The van der Waals surface area contributed by atoms with Gasteiger partial charge < -0.3 is 10.1 Å². The number of halogens is 1. The lowest BCUT2D eigenvalue weighted by Gasteiger charge is -2.19. The molecule has 0 fully saturated rings. The molecule has 2 rings (SSSR count). The predicted octanol–water partition coefficient (Wildman–Crippen LogP) is 3.83. The molecule has 1 heterocycles. The van der Waals surface area contributed by atoms with Crippen LogP contribution < -0.4 is 10.1 Å². The highest BCUT2D eigenvalue weighted by Gasteiger charge is 2.14. The molecule has 0 radical (unpaired) electrons. The van der Waals surface area contributed by atoms with Crippen molar-refractivity contribution in [1.82, 2.24) is 10.3 Å². The van der Waals surface area contributed by atoms with Crippen LogP contribution in [0.4, 0.5) is 0 Å². The highest BCUT2D eigenvalue weighted by Crippen LogP contribution is 2.23. The molecule has 3 nitrogen and oxygen atoms in total. The van der Waals surface area contributed by atoms with Crippen LogP contribution in [-0.4, -0.2) is 18.6 Å². The monoisotopic (exact) mass is 290 g/mol. The van der Waals surface area contributed by atoms with E-state index >= 15 is 0 Å². The van der Waals surface area contributed by atoms with Gasteiger partial charge in [0.25, 0.3) is 0 Å². The van der Waals surface area contributed by atoms with Crippen molar-refractivity contribution < 1.29 is 4.74 Å². The summed E-state index contributed by atoms with van der Waals surface area (Å²) in [6, 6.07) is 11.9. The summed E-state index contributed by atoms with van der Waals surface area (Å²) in [7, 11) is 1.67. The van der Waals surface area contributed by atoms with Gasteiger partial charge in [0.2, 0.25) is 0 Å². The molecule has 0 saturated carbocycles. The van der Waals surface area contributed by atoms with E-state index in [1.165, 1.54) is 0 Å². The minimum Gasteiger partial charge on any atom is -0.497 e. The van der Waals surface area contributed by atoms with Crippen LogP contribution >= 0.6 is 11.6 Å². The third-order valence-corrected chi connectivity index (χ3v) is 3.32. The third-order valence-electron chi connectivity index (χ3n) is 3.09. The topological polar surface area (TPSA) is 34.1 Å². The second-order valence-corrected chi connectivity index (χ2v) is 5.00. The quantitative estimate of drug-likeness (QED) is 0.878. The maximum Gasteiger partial charge on any atom is 0.118 e. The first-order chi connectivity index (χ1) is 9.74. The van der Waals surface area contributed by atoms with Crippen molar-refractivity contribution in [3.05, 3.63) is 58.9 Å². The Kier molecular flexibility index (Phi) is 5.39. The second kappa shape index (κ2) is 7.27. The number of benzene rings is 1. The van der Waals surface area contributed by atoms with Crippen molar-refractivity contribution in [1.29, 1.82) is 0 Å². The van der Waals surface area contributed by atoms with Crippen LogP contribution in [0.3, 0.4) is 0 Å². The summed E-state index contributed by atoms with van der Waals surface area (Å²) in [5.74, 6) is 0.854. The number of hydrogen-bond donors (Lipinski definition) is 1. The number of rotatable bonds is 6. The van der Waals surface area contributed by atoms with Crippen LogP contribution in [0.1, 0.15) is 30.6 Å². The van der Waals surface area contributed by atoms with Gasteiger partial charge in [-0.05, 0) is 42.8 Å². The largest absolute Gasteiger partial charge is 0.497 e. The van der Waals surface area contributed by atoms with Gasteiger partial charge in [-0.25, -0.2) is 0 Å². The molecule has 106 valence electrons. The first kappa shape index (κ1) is 14.8. The van der Waals surface area contributed by atoms with Crippen LogP contribution in [-0.2, 0) is 0 Å². The molecule has 1 aromatic carbocycles. The number of aromatic nitrogens is 1. The summed E-state index contributed by atoms with van der Waals surface area (Å²) >= 11 is 5.91. The molecule has 1 aromatic heterocycles. The van der Waals surface area contributed by atoms with Crippen molar-refractivity contribution in [3.63, 3.8) is 0 Å². The number of hydrogen-bond acceptors (Lipinski definition) is 3. The Balaban J connectivity index is 2.27. The SMILES string of the molecule is CCCNC(c1ccc(OC)cc1)c1ccc(Cl)cn1. The van der Waals surface area contributed by atoms with Crippen LogP contribution in [0, 0.1) is 0 Å². The van der Waals surface area contributed by atoms with E-state index in [0.717, 1.165) is 30.0 Å². The highest BCUT2D eigenvalue weighted by atomic mass is 35.5. The summed E-state index contributed by atoms with van der Waals surface area (Å²) < 4.78 is 5.20. The number of nitrogens with zero attached hydrogens (tertiary/aromatic N) is 1. The molecule has 0 amide bonds. The van der Waals surface area contributed by atoms with Gasteiger partial charge in [0.05, 0.1) is 23.9 Å². The zero-order valence-corrected chi connectivity index (χ0v) is 12.5. The summed E-state index contributed by atoms with van der Waals surface area (Å²) in [6.45, 7) is 3.08. The van der Waals surface area contributed by atoms with Crippen LogP contribution in [0.15, 0.2) is 42.6 Å². The van der Waals surface area contributed by atoms with Gasteiger partial charge in [0, 0.05) is 6.20 Å². The van der Waals surface area contributed by atoms with Gasteiger partial charge in [-0.1, -0.05) is 30.7 Å². The lowest BCUT2D eigenvalue weighted by Crippen LogP contribution is -2.24. The zero-order valence-electron chi connectivity index (χ0n) is 11.8. The number of ether oxygens (including phenoxy) is 1. The van der Waals surface area contributed by atoms with E-state index in [1.807, 2.05) is 24.3 Å². The molecule has 0 aliphatic carbocycles. The zero-order chi connectivity index (χ0) is 14.4. The molecular formula is C16H19ClN2O. The molecule has 0 saturated heterocycles. The van der Waals surface area contributed by atoms with Crippen molar-refractivity contribution in [2.45, 2.75) is 19.4 Å². The normalized spacial score (nSPS) is 12.2. The molecule has 0 bridgehead atoms. The van der Waals surface area contributed by atoms with Gasteiger partial charge in [-0.15, -0.1) is 0 Å². The van der Waals surface area contributed by atoms with E-state index in [-0.39, 0.29) is 6.04 Å². The predicted molar refractivity (Wildman–Crippen MR) is 82.4 cm³/mol. The fourth-order valence-electron chi connectivity index (χ4n) is 2.04. The fraction of sp³-hybridized carbons (Fsp3) is 0.312. The molecule has 1 N–H and O–H groups in total. The summed E-state index contributed by atoms with van der Waals surface area (Å²) in [6.07, 6.45) is 2.75. The van der Waals surface area contributed by atoms with Gasteiger partial charge in [0.15, 0.2) is 0 Å². The van der Waals surface area contributed by atoms with Crippen molar-refractivity contribution >= 4 is 11.6 Å². The molecule has 20 heavy (non-hydrogen) atoms. The average molecular weight is 291 g/mol. The van der Waals surface area contributed by atoms with E-state index in [2.05, 4.69) is 29.4 Å². The smallest absolute Gasteiger partial charge is 0.118 e. The fourth-order valence-corrected chi connectivity index (χ4v) is 2.15. The Morgan fingerprint density at radius 2 is 1.95 bits per heavy atom. The summed E-state index contributed by atoms with van der Waals surface area (Å²) in [5, 5.41) is 4.16. The molecule has 0 spiro atoms. The minimum atomic E-state index is 0.0677. The van der Waals surface area contributed by atoms with E-state index in [4.69, 9.17) is 16.3 Å². The standard InChI is InChI=1S/C16H19ClN2O/c1-3-10-18-16(15-9-6-13(17)11-19-15)12-4-7-14(20-2)8-5-12/h4-9,11,16,18H,3,10H2,1-2H3. The molecule has 0 aliphatic heterocycles. The summed E-state index contributed by atoms with van der Waals surface area (Å²) in [5.41, 5.74) is 2.13. The van der Waals surface area contributed by atoms with E-state index in [9.17, 15) is 0 Å². The Bertz CT molecular complexity index is 525. The Morgan fingerprint density at radius 3 is 2.50 bits per heavy atom. The Hall–Kier alpha value is -1.58. The van der Waals surface area contributed by atoms with E-state index < -0.39 is 0 Å². The number of methoxy groups -OCH3 is 1. The summed E-state index contributed by atoms with van der Waals surface area (Å²) in [4.78, 5) is 4.42. The van der Waals surface area contributed by atoms with Crippen LogP contribution in [0.25, 0.3) is 0 Å². The molecular weight excluding hydrogens is 272 g/mol.